The Morgan fingerprint density at radius 3 is 2.25 bits per heavy atom. The van der Waals surface area contributed by atoms with E-state index in [1.165, 1.54) is 21.3 Å². The summed E-state index contributed by atoms with van der Waals surface area (Å²) in [5.41, 5.74) is 1.85. The van der Waals surface area contributed by atoms with Crippen molar-refractivity contribution in [3.8, 4) is 0 Å². The lowest BCUT2D eigenvalue weighted by Gasteiger charge is -2.23. The topological polar surface area (TPSA) is 44.8 Å². The van der Waals surface area contributed by atoms with Crippen molar-refractivity contribution in [3.63, 3.8) is 0 Å². The maximum atomic E-state index is 12.2. The molecule has 0 heterocycles. The highest BCUT2D eigenvalue weighted by atomic mass is 31.2. The van der Waals surface area contributed by atoms with Crippen molar-refractivity contribution in [2.45, 2.75) is 12.8 Å². The molecule has 0 saturated heterocycles. The second-order valence-electron chi connectivity index (χ2n) is 3.41. The van der Waals surface area contributed by atoms with E-state index in [-0.39, 0.29) is 0 Å². The first-order chi connectivity index (χ1) is 7.57. The van der Waals surface area contributed by atoms with Gasteiger partial charge in [0.25, 0.3) is 0 Å². The van der Waals surface area contributed by atoms with Gasteiger partial charge in [-0.3, -0.25) is 4.57 Å². The van der Waals surface area contributed by atoms with E-state index in [1.807, 2.05) is 31.2 Å². The fourth-order valence-corrected chi connectivity index (χ4v) is 2.85. The summed E-state index contributed by atoms with van der Waals surface area (Å²) in [4.78, 5) is 0. The van der Waals surface area contributed by atoms with Crippen molar-refractivity contribution in [1.82, 2.24) is 0 Å². The van der Waals surface area contributed by atoms with Crippen molar-refractivity contribution in [1.29, 1.82) is 0 Å². The molecule has 0 radical (unpaired) electrons. The Labute approximate surface area is 96.1 Å². The Morgan fingerprint density at radius 2 is 1.81 bits per heavy atom. The van der Waals surface area contributed by atoms with Crippen molar-refractivity contribution < 1.29 is 18.3 Å². The minimum atomic E-state index is -3.26. The van der Waals surface area contributed by atoms with E-state index in [0.29, 0.717) is 0 Å². The molecule has 1 unspecified atom stereocenters. The van der Waals surface area contributed by atoms with E-state index in [1.54, 1.807) is 0 Å². The van der Waals surface area contributed by atoms with Crippen LogP contribution in [0.2, 0.25) is 0 Å². The average Bonchev–Trinajstić information content (AvgIpc) is 2.30. The first-order valence-corrected chi connectivity index (χ1v) is 6.49. The van der Waals surface area contributed by atoms with Crippen LogP contribution in [-0.4, -0.2) is 21.3 Å². The number of ether oxygens (including phenoxy) is 1. The van der Waals surface area contributed by atoms with Crippen LogP contribution in [-0.2, 0) is 18.3 Å². The van der Waals surface area contributed by atoms with E-state index in [0.717, 1.165) is 11.1 Å². The summed E-state index contributed by atoms with van der Waals surface area (Å²) in [5, 5.41) is 0. The van der Waals surface area contributed by atoms with E-state index in [2.05, 4.69) is 0 Å². The molecule has 0 saturated carbocycles. The molecule has 0 bridgehead atoms. The van der Waals surface area contributed by atoms with Crippen molar-refractivity contribution >= 4 is 7.60 Å². The summed E-state index contributed by atoms with van der Waals surface area (Å²) in [5.74, 6) is -0.692. The van der Waals surface area contributed by atoms with Crippen LogP contribution in [0.25, 0.3) is 0 Å². The molecule has 0 aliphatic carbocycles. The second-order valence-corrected chi connectivity index (χ2v) is 5.69. The zero-order chi connectivity index (χ0) is 12.2. The fraction of sp³-hybridized carbons (Fsp3) is 0.455. The largest absolute Gasteiger partial charge is 0.364 e. The molecule has 5 heteroatoms. The smallest absolute Gasteiger partial charge is 0.363 e. The van der Waals surface area contributed by atoms with Gasteiger partial charge >= 0.3 is 7.60 Å². The van der Waals surface area contributed by atoms with Crippen LogP contribution < -0.4 is 0 Å². The van der Waals surface area contributed by atoms with Crippen LogP contribution in [0.4, 0.5) is 0 Å². The van der Waals surface area contributed by atoms with Gasteiger partial charge < -0.3 is 13.8 Å². The molecule has 1 aromatic rings. The summed E-state index contributed by atoms with van der Waals surface area (Å²) < 4.78 is 27.3. The first kappa shape index (κ1) is 13.4. The monoisotopic (exact) mass is 244 g/mol. The van der Waals surface area contributed by atoms with E-state index in [9.17, 15) is 4.57 Å². The predicted molar refractivity (Wildman–Crippen MR) is 62.6 cm³/mol. The molecule has 4 nitrogen and oxygen atoms in total. The molecular formula is C11H17O4P. The Morgan fingerprint density at radius 1 is 1.19 bits per heavy atom. The fourth-order valence-electron chi connectivity index (χ4n) is 1.54. The second kappa shape index (κ2) is 5.60. The zero-order valence-electron chi connectivity index (χ0n) is 9.97. The third-order valence-electron chi connectivity index (χ3n) is 2.35. The molecule has 0 amide bonds. The highest BCUT2D eigenvalue weighted by molar-refractivity contribution is 7.54. The summed E-state index contributed by atoms with van der Waals surface area (Å²) in [7, 11) is 0.935. The maximum Gasteiger partial charge on any atom is 0.363 e. The third kappa shape index (κ3) is 2.71. The molecule has 0 aliphatic rings. The van der Waals surface area contributed by atoms with Gasteiger partial charge in [0.15, 0.2) is 5.85 Å². The van der Waals surface area contributed by atoms with Crippen LogP contribution in [0, 0.1) is 6.92 Å². The number of hydrogen-bond donors (Lipinski definition) is 0. The van der Waals surface area contributed by atoms with Crippen LogP contribution in [0.15, 0.2) is 24.3 Å². The van der Waals surface area contributed by atoms with Crippen molar-refractivity contribution in [3.05, 3.63) is 35.4 Å². The normalized spacial score (nSPS) is 13.8. The number of methoxy groups -OCH3 is 1. The lowest BCUT2D eigenvalue weighted by atomic mass is 10.1. The summed E-state index contributed by atoms with van der Waals surface area (Å²) in [6.07, 6.45) is 0. The minimum absolute atomic E-state index is 0.692. The standard InChI is InChI=1S/C11H17O4P/c1-9-6-5-7-10(8-9)11(13-2)16(12,14-3)15-4/h5-8,11H,1-4H3. The van der Waals surface area contributed by atoms with Gasteiger partial charge in [0.1, 0.15) is 0 Å². The molecular weight excluding hydrogens is 227 g/mol. The Kier molecular flexibility index (Phi) is 4.69. The lowest BCUT2D eigenvalue weighted by Crippen LogP contribution is -2.06. The average molecular weight is 244 g/mol. The lowest BCUT2D eigenvalue weighted by molar-refractivity contribution is 0.123. The van der Waals surface area contributed by atoms with Gasteiger partial charge in [-0.15, -0.1) is 0 Å². The molecule has 0 fully saturated rings. The molecule has 0 aromatic heterocycles. The van der Waals surface area contributed by atoms with Gasteiger partial charge in [-0.05, 0) is 12.5 Å². The number of aryl methyl sites for hydroxylation is 1. The molecule has 1 rings (SSSR count). The molecule has 1 aromatic carbocycles. The molecule has 0 N–H and O–H groups in total. The molecule has 0 aliphatic heterocycles. The molecule has 1 atom stereocenters. The van der Waals surface area contributed by atoms with E-state index >= 15 is 0 Å². The summed E-state index contributed by atoms with van der Waals surface area (Å²) in [6.45, 7) is 1.96. The highest BCUT2D eigenvalue weighted by Crippen LogP contribution is 2.60. The van der Waals surface area contributed by atoms with Crippen molar-refractivity contribution in [2.24, 2.45) is 0 Å². The van der Waals surface area contributed by atoms with E-state index in [4.69, 9.17) is 13.8 Å². The van der Waals surface area contributed by atoms with Gasteiger partial charge in [0.2, 0.25) is 0 Å². The Hall–Kier alpha value is -0.670. The van der Waals surface area contributed by atoms with Gasteiger partial charge in [0.05, 0.1) is 0 Å². The number of hydrogen-bond acceptors (Lipinski definition) is 4. The molecule has 0 spiro atoms. The van der Waals surface area contributed by atoms with Crippen LogP contribution in [0.1, 0.15) is 17.0 Å². The number of rotatable bonds is 5. The van der Waals surface area contributed by atoms with Crippen molar-refractivity contribution in [2.75, 3.05) is 21.3 Å². The Balaban J connectivity index is 3.12. The maximum absolute atomic E-state index is 12.2. The van der Waals surface area contributed by atoms with Gasteiger partial charge in [0, 0.05) is 21.3 Å². The van der Waals surface area contributed by atoms with Crippen LogP contribution >= 0.6 is 7.60 Å². The Bertz CT molecular complexity index is 383. The molecule has 90 valence electrons. The third-order valence-corrected chi connectivity index (χ3v) is 4.45. The molecule has 16 heavy (non-hydrogen) atoms. The summed E-state index contributed by atoms with van der Waals surface area (Å²) in [6, 6.07) is 7.58. The SMILES string of the molecule is COC(c1cccc(C)c1)P(=O)(OC)OC. The zero-order valence-corrected chi connectivity index (χ0v) is 10.9. The minimum Gasteiger partial charge on any atom is -0.364 e. The van der Waals surface area contributed by atoms with Gasteiger partial charge in [-0.2, -0.15) is 0 Å². The highest BCUT2D eigenvalue weighted by Gasteiger charge is 2.35. The summed E-state index contributed by atoms with van der Waals surface area (Å²) >= 11 is 0. The van der Waals surface area contributed by atoms with Gasteiger partial charge in [-0.25, -0.2) is 0 Å². The van der Waals surface area contributed by atoms with Crippen LogP contribution in [0.3, 0.4) is 0 Å². The number of benzene rings is 1. The van der Waals surface area contributed by atoms with E-state index < -0.39 is 13.4 Å². The van der Waals surface area contributed by atoms with Gasteiger partial charge in [-0.1, -0.05) is 29.8 Å². The first-order valence-electron chi connectivity index (χ1n) is 4.88. The quantitative estimate of drug-likeness (QED) is 0.746. The van der Waals surface area contributed by atoms with Crippen LogP contribution in [0.5, 0.6) is 0 Å². The predicted octanol–water partition coefficient (Wildman–Crippen LogP) is 3.13.